The van der Waals surface area contributed by atoms with E-state index in [1.54, 1.807) is 30.5 Å². The van der Waals surface area contributed by atoms with E-state index < -0.39 is 10.0 Å². The Morgan fingerprint density at radius 2 is 1.76 bits per heavy atom. The van der Waals surface area contributed by atoms with Crippen LogP contribution < -0.4 is 15.2 Å². The molecule has 9 nitrogen and oxygen atoms in total. The van der Waals surface area contributed by atoms with Gasteiger partial charge in [-0.2, -0.15) is 14.1 Å². The van der Waals surface area contributed by atoms with Gasteiger partial charge in [-0.25, -0.2) is 8.42 Å². The van der Waals surface area contributed by atoms with Crippen molar-refractivity contribution >= 4 is 27.3 Å². The van der Waals surface area contributed by atoms with Gasteiger partial charge in [0.25, 0.3) is 0 Å². The number of aryl methyl sites for hydroxylation is 1. The van der Waals surface area contributed by atoms with E-state index in [1.807, 2.05) is 59.1 Å². The Balaban J connectivity index is 1.20. The third-order valence-electron chi connectivity index (χ3n) is 8.12. The van der Waals surface area contributed by atoms with Gasteiger partial charge < -0.3 is 14.2 Å². The number of anilines is 1. The molecule has 0 atom stereocenters. The summed E-state index contributed by atoms with van der Waals surface area (Å²) < 4.78 is 37.9. The molecular formula is C31H34ClN5O4S. The largest absolute Gasteiger partial charge is 0.486 e. The fraction of sp³-hybridized carbons (Fsp3) is 0.355. The molecule has 2 aromatic heterocycles. The molecule has 0 radical (unpaired) electrons. The molecular weight excluding hydrogens is 574 g/mol. The summed E-state index contributed by atoms with van der Waals surface area (Å²) in [4.78, 5) is 15.6. The summed E-state index contributed by atoms with van der Waals surface area (Å²) in [6.07, 6.45) is 5.71. The van der Waals surface area contributed by atoms with E-state index >= 15 is 0 Å². The van der Waals surface area contributed by atoms with Crippen LogP contribution in [-0.4, -0.2) is 59.9 Å². The Bertz CT molecular complexity index is 1770. The van der Waals surface area contributed by atoms with Crippen LogP contribution in [0.4, 0.5) is 5.69 Å². The van der Waals surface area contributed by atoms with Gasteiger partial charge in [0, 0.05) is 55.6 Å². The summed E-state index contributed by atoms with van der Waals surface area (Å²) in [5.74, 6) is 0.155. The molecule has 4 aromatic rings. The Morgan fingerprint density at radius 1 is 1.00 bits per heavy atom. The summed E-state index contributed by atoms with van der Waals surface area (Å²) in [7, 11) is -1.58. The van der Waals surface area contributed by atoms with Crippen LogP contribution in [0.15, 0.2) is 77.9 Å². The van der Waals surface area contributed by atoms with Crippen molar-refractivity contribution < 1.29 is 13.2 Å². The average Bonchev–Trinajstić information content (AvgIpc) is 3.55. The lowest BCUT2D eigenvalue weighted by atomic mass is 10.1. The number of rotatable bonds is 9. The Hall–Kier alpha value is -3.60. The van der Waals surface area contributed by atoms with E-state index in [-0.39, 0.29) is 22.5 Å². The van der Waals surface area contributed by atoms with Gasteiger partial charge in [0.15, 0.2) is 0 Å². The maximum atomic E-state index is 13.6. The average molecular weight is 608 g/mol. The minimum Gasteiger partial charge on any atom is -0.486 e. The fourth-order valence-corrected chi connectivity index (χ4v) is 6.96. The summed E-state index contributed by atoms with van der Waals surface area (Å²) in [6.45, 7) is 4.01. The molecule has 2 fully saturated rings. The maximum Gasteiger partial charge on any atom is 0.316 e. The fourth-order valence-electron chi connectivity index (χ4n) is 5.28. The number of sulfonamides is 1. The summed E-state index contributed by atoms with van der Waals surface area (Å²) in [5, 5.41) is 4.94. The highest BCUT2D eigenvalue weighted by Gasteiger charge is 2.39. The maximum absolute atomic E-state index is 13.6. The number of nitrogens with zero attached hydrogens (tertiary/aromatic N) is 5. The number of benzene rings is 2. The molecule has 11 heteroatoms. The van der Waals surface area contributed by atoms with Gasteiger partial charge in [0.05, 0.1) is 24.2 Å². The smallest absolute Gasteiger partial charge is 0.316 e. The number of ether oxygens (including phenoxy) is 1. The Kier molecular flexibility index (Phi) is 7.63. The van der Waals surface area contributed by atoms with E-state index in [4.69, 9.17) is 16.3 Å². The Labute approximate surface area is 251 Å². The van der Waals surface area contributed by atoms with Gasteiger partial charge in [-0.15, -0.1) is 0 Å². The van der Waals surface area contributed by atoms with Crippen molar-refractivity contribution in [2.75, 3.05) is 37.7 Å². The third kappa shape index (κ3) is 5.97. The molecule has 1 aliphatic carbocycles. The van der Waals surface area contributed by atoms with Gasteiger partial charge in [-0.1, -0.05) is 42.8 Å². The third-order valence-corrected chi connectivity index (χ3v) is 10.2. The highest BCUT2D eigenvalue weighted by molar-refractivity contribution is 7.88. The van der Waals surface area contributed by atoms with Crippen LogP contribution in [0.3, 0.4) is 0 Å². The highest BCUT2D eigenvalue weighted by Crippen LogP contribution is 2.45. The van der Waals surface area contributed by atoms with Crippen molar-refractivity contribution in [1.82, 2.24) is 18.7 Å². The molecule has 2 aromatic carbocycles. The van der Waals surface area contributed by atoms with Gasteiger partial charge in [-0.05, 0) is 60.4 Å². The number of hydrogen-bond acceptors (Lipinski definition) is 6. The first-order chi connectivity index (χ1) is 20.1. The van der Waals surface area contributed by atoms with Gasteiger partial charge in [-0.3, -0.25) is 4.79 Å². The molecule has 1 saturated carbocycles. The first-order valence-electron chi connectivity index (χ1n) is 14.1. The second-order valence-electron chi connectivity index (χ2n) is 11.5. The molecule has 1 saturated heterocycles. The minimum atomic E-state index is -3.55. The number of piperazine rings is 1. The van der Waals surface area contributed by atoms with Crippen molar-refractivity contribution in [3.63, 3.8) is 0 Å². The monoisotopic (exact) mass is 607 g/mol. The lowest BCUT2D eigenvalue weighted by Gasteiger charge is -2.35. The molecule has 2 aliphatic rings. The van der Waals surface area contributed by atoms with E-state index in [9.17, 15) is 13.2 Å². The van der Waals surface area contributed by atoms with Crippen molar-refractivity contribution in [3.8, 4) is 22.7 Å². The van der Waals surface area contributed by atoms with Gasteiger partial charge in [0.1, 0.15) is 5.69 Å². The van der Waals surface area contributed by atoms with Crippen LogP contribution >= 0.6 is 11.6 Å². The second-order valence-corrected chi connectivity index (χ2v) is 13.9. The zero-order valence-electron chi connectivity index (χ0n) is 23.7. The van der Waals surface area contributed by atoms with Crippen LogP contribution in [0.2, 0.25) is 5.02 Å². The van der Waals surface area contributed by atoms with Crippen molar-refractivity contribution in [3.05, 3.63) is 94.0 Å². The first-order valence-corrected chi connectivity index (χ1v) is 16.1. The van der Waals surface area contributed by atoms with E-state index in [2.05, 4.69) is 12.0 Å². The quantitative estimate of drug-likeness (QED) is 0.274. The van der Waals surface area contributed by atoms with Crippen LogP contribution in [-0.2, 0) is 22.8 Å². The summed E-state index contributed by atoms with van der Waals surface area (Å²) >= 11 is 6.17. The lowest BCUT2D eigenvalue weighted by molar-refractivity contribution is 0.242. The molecule has 0 spiro atoms. The first kappa shape index (κ1) is 28.5. The van der Waals surface area contributed by atoms with E-state index in [1.165, 1.54) is 8.99 Å². The lowest BCUT2D eigenvalue weighted by Crippen LogP contribution is -2.49. The zero-order chi connectivity index (χ0) is 29.5. The SMILES string of the molecule is Cn1cccc1-c1cccc(CS(=O)(=O)N2CCN(c3cnn(-c4cccc(Cl)c4)c(=O)c3OCC3(C)CC3)CC2)c1. The van der Waals surface area contributed by atoms with Gasteiger partial charge in [0.2, 0.25) is 15.8 Å². The molecule has 220 valence electrons. The number of aromatic nitrogens is 3. The molecule has 42 heavy (non-hydrogen) atoms. The molecule has 0 bridgehead atoms. The topological polar surface area (TPSA) is 89.7 Å². The zero-order valence-corrected chi connectivity index (χ0v) is 25.3. The second kappa shape index (κ2) is 11.2. The standard InChI is InChI=1S/C31H34ClN5O4S/c1-31(11-12-31)22-41-29-28(20-33-37(30(29)38)26-9-4-8-25(32)19-26)35-14-16-36(17-15-35)42(39,40)21-23-6-3-7-24(18-23)27-10-5-13-34(27)2/h3-10,13,18-20H,11-12,14-17,21-22H2,1-2H3. The van der Waals surface area contributed by atoms with Crippen molar-refractivity contribution in [2.24, 2.45) is 12.5 Å². The molecule has 6 rings (SSSR count). The predicted octanol–water partition coefficient (Wildman–Crippen LogP) is 4.72. The van der Waals surface area contributed by atoms with Gasteiger partial charge >= 0.3 is 5.56 Å². The highest BCUT2D eigenvalue weighted by atomic mass is 35.5. The van der Waals surface area contributed by atoms with Crippen LogP contribution in [0.25, 0.3) is 16.9 Å². The molecule has 1 aliphatic heterocycles. The van der Waals surface area contributed by atoms with Crippen LogP contribution in [0, 0.1) is 5.41 Å². The molecule has 0 unspecified atom stereocenters. The van der Waals surface area contributed by atoms with Crippen molar-refractivity contribution in [2.45, 2.75) is 25.5 Å². The van der Waals surface area contributed by atoms with Crippen molar-refractivity contribution in [1.29, 1.82) is 0 Å². The normalized spacial score (nSPS) is 16.9. The summed E-state index contributed by atoms with van der Waals surface area (Å²) in [6, 6.07) is 18.6. The molecule has 0 amide bonds. The van der Waals surface area contributed by atoms with E-state index in [0.717, 1.165) is 29.7 Å². The summed E-state index contributed by atoms with van der Waals surface area (Å²) in [5.41, 5.74) is 3.58. The van der Waals surface area contributed by atoms with Crippen LogP contribution in [0.1, 0.15) is 25.3 Å². The minimum absolute atomic E-state index is 0.0676. The molecule has 0 N–H and O–H groups in total. The number of hydrogen-bond donors (Lipinski definition) is 0. The van der Waals surface area contributed by atoms with E-state index in [0.29, 0.717) is 49.2 Å². The molecule has 3 heterocycles. The van der Waals surface area contributed by atoms with Crippen LogP contribution in [0.5, 0.6) is 5.75 Å². The predicted molar refractivity (Wildman–Crippen MR) is 165 cm³/mol. The Morgan fingerprint density at radius 3 is 2.45 bits per heavy atom. The number of halogens is 1.